The van der Waals surface area contributed by atoms with Crippen molar-refractivity contribution < 1.29 is 24.4 Å². The third kappa shape index (κ3) is 2.01. The summed E-state index contributed by atoms with van der Waals surface area (Å²) in [6, 6.07) is 8.51. The minimum absolute atomic E-state index is 0.0385. The van der Waals surface area contributed by atoms with E-state index in [1.807, 2.05) is 12.1 Å². The van der Waals surface area contributed by atoms with E-state index in [-0.39, 0.29) is 24.2 Å². The molecule has 0 saturated carbocycles. The molecule has 0 fully saturated rings. The first kappa shape index (κ1) is 12.2. The lowest BCUT2D eigenvalue weighted by Crippen LogP contribution is -2.19. The summed E-state index contributed by atoms with van der Waals surface area (Å²) in [5.41, 5.74) is 1.80. The predicted molar refractivity (Wildman–Crippen MR) is 74.3 cm³/mol. The van der Waals surface area contributed by atoms with Gasteiger partial charge in [-0.05, 0) is 24.1 Å². The van der Waals surface area contributed by atoms with Gasteiger partial charge in [0.2, 0.25) is 6.79 Å². The van der Waals surface area contributed by atoms with Gasteiger partial charge < -0.3 is 24.4 Å². The van der Waals surface area contributed by atoms with Crippen LogP contribution in [0, 0.1) is 0 Å². The van der Waals surface area contributed by atoms with E-state index in [1.165, 1.54) is 0 Å². The quantitative estimate of drug-likeness (QED) is 0.843. The SMILES string of the molecule is Oc1ccc2c(c1)OC[C@@H](c1cc3c(cc1O)OCO3)C2. The Balaban J connectivity index is 1.68. The molecule has 2 N–H and O–H groups in total. The van der Waals surface area contributed by atoms with Gasteiger partial charge in [0.25, 0.3) is 0 Å². The van der Waals surface area contributed by atoms with Gasteiger partial charge in [0.1, 0.15) is 17.2 Å². The zero-order valence-corrected chi connectivity index (χ0v) is 11.2. The third-order valence-corrected chi connectivity index (χ3v) is 3.92. The Morgan fingerprint density at radius 1 is 0.905 bits per heavy atom. The van der Waals surface area contributed by atoms with Crippen molar-refractivity contribution in [2.75, 3.05) is 13.4 Å². The number of phenolic OH excluding ortho intramolecular Hbond substituents is 2. The molecule has 108 valence electrons. The van der Waals surface area contributed by atoms with Crippen molar-refractivity contribution in [2.24, 2.45) is 0 Å². The van der Waals surface area contributed by atoms with Gasteiger partial charge in [-0.2, -0.15) is 0 Å². The third-order valence-electron chi connectivity index (χ3n) is 3.92. The molecular weight excluding hydrogens is 272 g/mol. The smallest absolute Gasteiger partial charge is 0.231 e. The van der Waals surface area contributed by atoms with Crippen LogP contribution in [0.1, 0.15) is 17.0 Å². The van der Waals surface area contributed by atoms with Crippen LogP contribution in [0.15, 0.2) is 30.3 Å². The monoisotopic (exact) mass is 286 g/mol. The second-order valence-corrected chi connectivity index (χ2v) is 5.27. The molecule has 1 atom stereocenters. The van der Waals surface area contributed by atoms with Gasteiger partial charge in [0.05, 0.1) is 6.61 Å². The number of benzene rings is 2. The van der Waals surface area contributed by atoms with Gasteiger partial charge in [0.15, 0.2) is 11.5 Å². The summed E-state index contributed by atoms with van der Waals surface area (Å²) in [7, 11) is 0. The average molecular weight is 286 g/mol. The average Bonchev–Trinajstić information content (AvgIpc) is 2.93. The van der Waals surface area contributed by atoms with Gasteiger partial charge in [-0.3, -0.25) is 0 Å². The van der Waals surface area contributed by atoms with Crippen molar-refractivity contribution >= 4 is 0 Å². The lowest BCUT2D eigenvalue weighted by atomic mass is 9.89. The van der Waals surface area contributed by atoms with E-state index in [2.05, 4.69) is 0 Å². The zero-order chi connectivity index (χ0) is 14.4. The lowest BCUT2D eigenvalue weighted by molar-refractivity contribution is 0.174. The van der Waals surface area contributed by atoms with Crippen molar-refractivity contribution in [3.05, 3.63) is 41.5 Å². The zero-order valence-electron chi connectivity index (χ0n) is 11.2. The highest BCUT2D eigenvalue weighted by atomic mass is 16.7. The molecule has 0 bridgehead atoms. The summed E-state index contributed by atoms with van der Waals surface area (Å²) in [5, 5.41) is 19.7. The molecule has 5 nitrogen and oxygen atoms in total. The highest BCUT2D eigenvalue weighted by Crippen LogP contribution is 2.43. The van der Waals surface area contributed by atoms with Crippen LogP contribution < -0.4 is 14.2 Å². The van der Waals surface area contributed by atoms with Crippen LogP contribution in [-0.4, -0.2) is 23.6 Å². The Morgan fingerprint density at radius 3 is 2.57 bits per heavy atom. The van der Waals surface area contributed by atoms with E-state index in [0.717, 1.165) is 17.5 Å². The molecule has 2 aromatic rings. The van der Waals surface area contributed by atoms with Crippen LogP contribution in [-0.2, 0) is 6.42 Å². The predicted octanol–water partition coefficient (Wildman–Crippen LogP) is 2.55. The largest absolute Gasteiger partial charge is 0.508 e. The lowest BCUT2D eigenvalue weighted by Gasteiger charge is -2.26. The van der Waals surface area contributed by atoms with Gasteiger partial charge >= 0.3 is 0 Å². The molecule has 4 rings (SSSR count). The van der Waals surface area contributed by atoms with Crippen LogP contribution in [0.5, 0.6) is 28.7 Å². The fraction of sp³-hybridized carbons (Fsp3) is 0.250. The molecule has 2 aliphatic heterocycles. The molecule has 0 saturated heterocycles. The molecule has 2 aliphatic rings. The minimum Gasteiger partial charge on any atom is -0.508 e. The van der Waals surface area contributed by atoms with Crippen LogP contribution >= 0.6 is 0 Å². The summed E-state index contributed by atoms with van der Waals surface area (Å²) in [4.78, 5) is 0. The number of phenols is 2. The molecule has 0 unspecified atom stereocenters. The highest BCUT2D eigenvalue weighted by molar-refractivity contribution is 5.53. The Bertz CT molecular complexity index is 710. The van der Waals surface area contributed by atoms with E-state index in [9.17, 15) is 10.2 Å². The van der Waals surface area contributed by atoms with E-state index in [4.69, 9.17) is 14.2 Å². The topological polar surface area (TPSA) is 68.2 Å². The Kier molecular flexibility index (Phi) is 2.60. The maximum absolute atomic E-state index is 10.2. The molecule has 5 heteroatoms. The summed E-state index contributed by atoms with van der Waals surface area (Å²) in [5.74, 6) is 2.34. The maximum Gasteiger partial charge on any atom is 0.231 e. The fourth-order valence-electron chi connectivity index (χ4n) is 2.83. The number of ether oxygens (including phenoxy) is 3. The summed E-state index contributed by atoms with van der Waals surface area (Å²) in [6.45, 7) is 0.630. The molecule has 2 aromatic carbocycles. The standard InChI is InChI=1S/C16H14O5/c17-11-2-1-9-3-10(7-19-14(9)4-11)12-5-15-16(6-13(12)18)21-8-20-15/h1-2,4-6,10,17-18H,3,7-8H2/t10-/m0/s1. The molecule has 2 heterocycles. The Morgan fingerprint density at radius 2 is 1.71 bits per heavy atom. The number of aromatic hydroxyl groups is 2. The number of rotatable bonds is 1. The van der Waals surface area contributed by atoms with Crippen molar-refractivity contribution in [3.8, 4) is 28.7 Å². The summed E-state index contributed by atoms with van der Waals surface area (Å²) >= 11 is 0. The first-order chi connectivity index (χ1) is 10.2. The number of fused-ring (bicyclic) bond motifs is 2. The molecule has 21 heavy (non-hydrogen) atoms. The summed E-state index contributed by atoms with van der Waals surface area (Å²) in [6.07, 6.45) is 0.739. The molecule has 0 radical (unpaired) electrons. The van der Waals surface area contributed by atoms with E-state index < -0.39 is 0 Å². The van der Waals surface area contributed by atoms with Gasteiger partial charge in [-0.25, -0.2) is 0 Å². The first-order valence-corrected chi connectivity index (χ1v) is 6.78. The maximum atomic E-state index is 10.2. The Hall–Kier alpha value is -2.56. The van der Waals surface area contributed by atoms with Crippen LogP contribution in [0.25, 0.3) is 0 Å². The fourth-order valence-corrected chi connectivity index (χ4v) is 2.83. The second-order valence-electron chi connectivity index (χ2n) is 5.27. The van der Waals surface area contributed by atoms with Crippen molar-refractivity contribution in [1.29, 1.82) is 0 Å². The number of hydrogen-bond acceptors (Lipinski definition) is 5. The molecule has 0 aromatic heterocycles. The van der Waals surface area contributed by atoms with Crippen LogP contribution in [0.2, 0.25) is 0 Å². The first-order valence-electron chi connectivity index (χ1n) is 6.78. The van der Waals surface area contributed by atoms with Crippen molar-refractivity contribution in [3.63, 3.8) is 0 Å². The van der Waals surface area contributed by atoms with Crippen LogP contribution in [0.4, 0.5) is 0 Å². The Labute approximate surface area is 121 Å². The van der Waals surface area contributed by atoms with Gasteiger partial charge in [-0.1, -0.05) is 6.07 Å². The van der Waals surface area contributed by atoms with Crippen molar-refractivity contribution in [1.82, 2.24) is 0 Å². The van der Waals surface area contributed by atoms with E-state index in [0.29, 0.717) is 23.9 Å². The number of hydrogen-bond donors (Lipinski definition) is 2. The molecule has 0 aliphatic carbocycles. The molecule has 0 spiro atoms. The highest BCUT2D eigenvalue weighted by Gasteiger charge is 2.26. The van der Waals surface area contributed by atoms with Gasteiger partial charge in [0, 0.05) is 23.6 Å². The van der Waals surface area contributed by atoms with Crippen molar-refractivity contribution in [2.45, 2.75) is 12.3 Å². The molecule has 0 amide bonds. The normalized spacial score (nSPS) is 19.0. The summed E-state index contributed by atoms with van der Waals surface area (Å²) < 4.78 is 16.3. The second kappa shape index (κ2) is 4.48. The molecular formula is C16H14O5. The van der Waals surface area contributed by atoms with E-state index in [1.54, 1.807) is 18.2 Å². The van der Waals surface area contributed by atoms with E-state index >= 15 is 0 Å². The van der Waals surface area contributed by atoms with Crippen LogP contribution in [0.3, 0.4) is 0 Å². The minimum atomic E-state index is 0.0385. The van der Waals surface area contributed by atoms with Gasteiger partial charge in [-0.15, -0.1) is 0 Å².